The number of carbonyl (C=O) groups excluding carboxylic acids is 3. The number of hydrogen-bond donors (Lipinski definition) is 5. The summed E-state index contributed by atoms with van der Waals surface area (Å²) in [7, 11) is 0. The predicted octanol–water partition coefficient (Wildman–Crippen LogP) is -0.597. The van der Waals surface area contributed by atoms with Crippen LogP contribution in [0.2, 0.25) is 0 Å². The molecular formula is C19H28N4O5. The van der Waals surface area contributed by atoms with Gasteiger partial charge in [-0.05, 0) is 18.4 Å². The highest BCUT2D eigenvalue weighted by molar-refractivity contribution is 5.93. The van der Waals surface area contributed by atoms with Gasteiger partial charge in [0.15, 0.2) is 0 Å². The van der Waals surface area contributed by atoms with Crippen LogP contribution < -0.4 is 21.7 Å². The fraction of sp³-hybridized carbons (Fsp3) is 0.474. The van der Waals surface area contributed by atoms with E-state index in [1.165, 1.54) is 6.92 Å². The molecule has 0 spiro atoms. The van der Waals surface area contributed by atoms with Crippen molar-refractivity contribution < 1.29 is 24.3 Å². The standard InChI is InChI=1S/C19H28N4O5/c1-11(2)16(19(27)28)23-18(26)14(9-13-7-5-4-6-8-13)22-17(25)12(3)21-15(24)10-20/h4-8,11-12,14,16H,9-10,20H2,1-3H3,(H,21,24)(H,22,25)(H,23,26)(H,27,28). The Kier molecular flexibility index (Phi) is 9.10. The average Bonchev–Trinajstić information content (AvgIpc) is 2.65. The summed E-state index contributed by atoms with van der Waals surface area (Å²) in [6.07, 6.45) is 0.167. The van der Waals surface area contributed by atoms with E-state index in [0.717, 1.165) is 5.56 Å². The van der Waals surface area contributed by atoms with E-state index < -0.39 is 41.8 Å². The van der Waals surface area contributed by atoms with Crippen molar-refractivity contribution in [1.82, 2.24) is 16.0 Å². The van der Waals surface area contributed by atoms with Gasteiger partial charge in [-0.2, -0.15) is 0 Å². The van der Waals surface area contributed by atoms with Crippen LogP contribution in [-0.2, 0) is 25.6 Å². The fourth-order valence-electron chi connectivity index (χ4n) is 2.49. The largest absolute Gasteiger partial charge is 0.480 e. The molecule has 9 heteroatoms. The molecule has 0 bridgehead atoms. The molecule has 0 heterocycles. The first-order valence-electron chi connectivity index (χ1n) is 9.02. The summed E-state index contributed by atoms with van der Waals surface area (Å²) in [5, 5.41) is 16.8. The highest BCUT2D eigenvalue weighted by Gasteiger charge is 2.29. The number of carboxylic acid groups (broad SMARTS) is 1. The van der Waals surface area contributed by atoms with Gasteiger partial charge in [-0.25, -0.2) is 4.79 Å². The first kappa shape index (κ1) is 23.1. The number of nitrogens with two attached hydrogens (primary N) is 1. The molecule has 154 valence electrons. The minimum absolute atomic E-state index is 0.167. The normalized spacial score (nSPS) is 13.9. The van der Waals surface area contributed by atoms with Gasteiger partial charge in [-0.3, -0.25) is 14.4 Å². The lowest BCUT2D eigenvalue weighted by atomic mass is 10.0. The molecule has 1 aromatic carbocycles. The number of hydrogen-bond acceptors (Lipinski definition) is 5. The number of aliphatic carboxylic acids is 1. The fourth-order valence-corrected chi connectivity index (χ4v) is 2.49. The van der Waals surface area contributed by atoms with Crippen LogP contribution in [0.4, 0.5) is 0 Å². The van der Waals surface area contributed by atoms with Crippen molar-refractivity contribution in [3.8, 4) is 0 Å². The van der Waals surface area contributed by atoms with Crippen molar-refractivity contribution in [3.05, 3.63) is 35.9 Å². The molecule has 0 radical (unpaired) electrons. The zero-order valence-corrected chi connectivity index (χ0v) is 16.3. The smallest absolute Gasteiger partial charge is 0.326 e. The molecule has 1 aromatic rings. The Labute approximate surface area is 164 Å². The summed E-state index contributed by atoms with van der Waals surface area (Å²) < 4.78 is 0. The van der Waals surface area contributed by atoms with E-state index in [1.54, 1.807) is 38.1 Å². The average molecular weight is 392 g/mol. The molecule has 6 N–H and O–H groups in total. The van der Waals surface area contributed by atoms with Crippen molar-refractivity contribution in [1.29, 1.82) is 0 Å². The molecule has 0 saturated carbocycles. The van der Waals surface area contributed by atoms with Crippen molar-refractivity contribution in [2.24, 2.45) is 11.7 Å². The number of carbonyl (C=O) groups is 4. The molecule has 3 atom stereocenters. The molecule has 0 saturated heterocycles. The third kappa shape index (κ3) is 7.36. The van der Waals surface area contributed by atoms with E-state index in [4.69, 9.17) is 5.73 Å². The third-order valence-corrected chi connectivity index (χ3v) is 4.10. The number of benzene rings is 1. The summed E-state index contributed by atoms with van der Waals surface area (Å²) in [6, 6.07) is 6.01. The van der Waals surface area contributed by atoms with E-state index in [9.17, 15) is 24.3 Å². The van der Waals surface area contributed by atoms with Crippen molar-refractivity contribution in [3.63, 3.8) is 0 Å². The lowest BCUT2D eigenvalue weighted by molar-refractivity contribution is -0.143. The number of carboxylic acids is 1. The highest BCUT2D eigenvalue weighted by Crippen LogP contribution is 2.07. The summed E-state index contributed by atoms with van der Waals surface area (Å²) in [4.78, 5) is 47.8. The van der Waals surface area contributed by atoms with E-state index in [-0.39, 0.29) is 18.9 Å². The zero-order valence-electron chi connectivity index (χ0n) is 16.3. The lowest BCUT2D eigenvalue weighted by Crippen LogP contribution is -2.56. The SMILES string of the molecule is CC(NC(=O)CN)C(=O)NC(Cc1ccccc1)C(=O)NC(C(=O)O)C(C)C. The van der Waals surface area contributed by atoms with Crippen LogP contribution in [0.5, 0.6) is 0 Å². The van der Waals surface area contributed by atoms with Gasteiger partial charge in [0, 0.05) is 6.42 Å². The molecule has 9 nitrogen and oxygen atoms in total. The summed E-state index contributed by atoms with van der Waals surface area (Å²) >= 11 is 0. The van der Waals surface area contributed by atoms with E-state index >= 15 is 0 Å². The van der Waals surface area contributed by atoms with Gasteiger partial charge in [-0.1, -0.05) is 44.2 Å². The van der Waals surface area contributed by atoms with Gasteiger partial charge in [0.25, 0.3) is 0 Å². The maximum Gasteiger partial charge on any atom is 0.326 e. The summed E-state index contributed by atoms with van der Waals surface area (Å²) in [6.45, 7) is 4.55. The third-order valence-electron chi connectivity index (χ3n) is 4.10. The van der Waals surface area contributed by atoms with Gasteiger partial charge in [0.05, 0.1) is 6.54 Å². The quantitative estimate of drug-likeness (QED) is 0.359. The summed E-state index contributed by atoms with van der Waals surface area (Å²) in [5.74, 6) is -3.18. The Hall–Kier alpha value is -2.94. The molecule has 0 fully saturated rings. The van der Waals surface area contributed by atoms with Gasteiger partial charge in [-0.15, -0.1) is 0 Å². The van der Waals surface area contributed by atoms with Crippen LogP contribution in [0, 0.1) is 5.92 Å². The maximum atomic E-state index is 12.7. The minimum atomic E-state index is -1.16. The highest BCUT2D eigenvalue weighted by atomic mass is 16.4. The molecular weight excluding hydrogens is 364 g/mol. The van der Waals surface area contributed by atoms with Crippen molar-refractivity contribution in [2.75, 3.05) is 6.54 Å². The molecule has 3 unspecified atom stereocenters. The minimum Gasteiger partial charge on any atom is -0.480 e. The topological polar surface area (TPSA) is 151 Å². The van der Waals surface area contributed by atoms with Crippen molar-refractivity contribution in [2.45, 2.75) is 45.3 Å². The lowest BCUT2D eigenvalue weighted by Gasteiger charge is -2.24. The molecule has 0 aliphatic rings. The number of rotatable bonds is 10. The predicted molar refractivity (Wildman–Crippen MR) is 103 cm³/mol. The van der Waals surface area contributed by atoms with Gasteiger partial charge < -0.3 is 26.8 Å². The molecule has 0 aromatic heterocycles. The molecule has 1 rings (SSSR count). The van der Waals surface area contributed by atoms with Crippen LogP contribution in [0.1, 0.15) is 26.3 Å². The van der Waals surface area contributed by atoms with Crippen LogP contribution in [0.15, 0.2) is 30.3 Å². The Morgan fingerprint density at radius 1 is 0.964 bits per heavy atom. The zero-order chi connectivity index (χ0) is 21.3. The maximum absolute atomic E-state index is 12.7. The number of amides is 3. The molecule has 0 aliphatic carbocycles. The van der Waals surface area contributed by atoms with Gasteiger partial charge in [0.2, 0.25) is 17.7 Å². The Balaban J connectivity index is 2.95. The molecule has 3 amide bonds. The van der Waals surface area contributed by atoms with Crippen LogP contribution >= 0.6 is 0 Å². The second-order valence-electron chi connectivity index (χ2n) is 6.81. The number of nitrogens with one attached hydrogen (secondary N) is 3. The van der Waals surface area contributed by atoms with Gasteiger partial charge >= 0.3 is 5.97 Å². The summed E-state index contributed by atoms with van der Waals surface area (Å²) in [5.41, 5.74) is 6.01. The van der Waals surface area contributed by atoms with Crippen molar-refractivity contribution >= 4 is 23.7 Å². The van der Waals surface area contributed by atoms with Crippen LogP contribution in [0.25, 0.3) is 0 Å². The van der Waals surface area contributed by atoms with E-state index in [2.05, 4.69) is 16.0 Å². The molecule has 28 heavy (non-hydrogen) atoms. The van der Waals surface area contributed by atoms with Gasteiger partial charge in [0.1, 0.15) is 18.1 Å². The second kappa shape index (κ2) is 11.0. The monoisotopic (exact) mass is 392 g/mol. The first-order chi connectivity index (χ1) is 13.1. The Bertz CT molecular complexity index is 693. The Morgan fingerprint density at radius 2 is 1.57 bits per heavy atom. The molecule has 0 aliphatic heterocycles. The van der Waals surface area contributed by atoms with E-state index in [1.807, 2.05) is 6.07 Å². The first-order valence-corrected chi connectivity index (χ1v) is 9.02. The second-order valence-corrected chi connectivity index (χ2v) is 6.81. The van der Waals surface area contributed by atoms with Crippen LogP contribution in [0.3, 0.4) is 0 Å². The van der Waals surface area contributed by atoms with E-state index in [0.29, 0.717) is 0 Å². The van der Waals surface area contributed by atoms with Crippen LogP contribution in [-0.4, -0.2) is 53.5 Å². The Morgan fingerprint density at radius 3 is 2.07 bits per heavy atom.